The standard InChI is InChI=1S/C23H18N4O5S2/c28-19(25-26-20(29)18-12-31-16-8-4-5-9-17(16)32-18)13-34-23-24-21-15(10-11-33-21)22(30)27(23)14-6-2-1-3-7-14/h1-11,18H,12-13H2,(H,25,28)(H,26,29)/t18-/m0/s1. The molecule has 1 atom stereocenters. The molecule has 1 aliphatic rings. The smallest absolute Gasteiger partial charge is 0.283 e. The first-order chi connectivity index (χ1) is 16.6. The van der Waals surface area contributed by atoms with Crippen LogP contribution in [0, 0.1) is 0 Å². The highest BCUT2D eigenvalue weighted by Gasteiger charge is 2.27. The lowest BCUT2D eigenvalue weighted by Crippen LogP contribution is -2.51. The Morgan fingerprint density at radius 3 is 2.65 bits per heavy atom. The van der Waals surface area contributed by atoms with Crippen LogP contribution in [0.1, 0.15) is 0 Å². The Balaban J connectivity index is 1.24. The lowest BCUT2D eigenvalue weighted by Gasteiger charge is -2.25. The van der Waals surface area contributed by atoms with Crippen molar-refractivity contribution in [3.63, 3.8) is 0 Å². The van der Waals surface area contributed by atoms with Crippen LogP contribution < -0.4 is 25.9 Å². The molecule has 0 unspecified atom stereocenters. The molecule has 2 aromatic carbocycles. The molecule has 9 nitrogen and oxygen atoms in total. The molecule has 0 radical (unpaired) electrons. The van der Waals surface area contributed by atoms with E-state index in [0.29, 0.717) is 32.6 Å². The highest BCUT2D eigenvalue weighted by Crippen LogP contribution is 2.30. The maximum Gasteiger partial charge on any atom is 0.283 e. The topological polar surface area (TPSA) is 112 Å². The molecule has 0 saturated carbocycles. The molecule has 0 aliphatic carbocycles. The fourth-order valence-electron chi connectivity index (χ4n) is 3.32. The number of amides is 2. The van der Waals surface area contributed by atoms with Crippen molar-refractivity contribution in [2.75, 3.05) is 12.4 Å². The Bertz CT molecular complexity index is 1420. The second-order valence-electron chi connectivity index (χ2n) is 7.20. The molecule has 1 aliphatic heterocycles. The molecule has 5 rings (SSSR count). The molecule has 34 heavy (non-hydrogen) atoms. The Labute approximate surface area is 201 Å². The van der Waals surface area contributed by atoms with E-state index >= 15 is 0 Å². The third-order valence-electron chi connectivity index (χ3n) is 4.94. The van der Waals surface area contributed by atoms with Crippen LogP contribution in [0.4, 0.5) is 0 Å². The van der Waals surface area contributed by atoms with Crippen molar-refractivity contribution in [2.24, 2.45) is 0 Å². The monoisotopic (exact) mass is 494 g/mol. The molecular weight excluding hydrogens is 476 g/mol. The number of nitrogens with zero attached hydrogens (tertiary/aromatic N) is 2. The molecule has 2 N–H and O–H groups in total. The number of ether oxygens (including phenoxy) is 2. The quantitative estimate of drug-likeness (QED) is 0.249. The Hall–Kier alpha value is -3.83. The van der Waals surface area contributed by atoms with Crippen molar-refractivity contribution < 1.29 is 19.1 Å². The minimum absolute atomic E-state index is 0.0293. The molecule has 0 fully saturated rings. The van der Waals surface area contributed by atoms with Crippen molar-refractivity contribution in [2.45, 2.75) is 11.3 Å². The Kier molecular flexibility index (Phi) is 6.19. The van der Waals surface area contributed by atoms with E-state index in [1.807, 2.05) is 24.3 Å². The summed E-state index contributed by atoms with van der Waals surface area (Å²) in [6.07, 6.45) is -0.894. The summed E-state index contributed by atoms with van der Waals surface area (Å²) in [5, 5.41) is 2.71. The second kappa shape index (κ2) is 9.57. The van der Waals surface area contributed by atoms with Crippen molar-refractivity contribution in [3.8, 4) is 17.2 Å². The minimum Gasteiger partial charge on any atom is -0.485 e. The van der Waals surface area contributed by atoms with Gasteiger partial charge in [0.2, 0.25) is 12.0 Å². The maximum atomic E-state index is 13.1. The molecule has 3 heterocycles. The summed E-state index contributed by atoms with van der Waals surface area (Å²) in [7, 11) is 0. The van der Waals surface area contributed by atoms with Crippen LogP contribution in [-0.2, 0) is 9.59 Å². The van der Waals surface area contributed by atoms with Crippen LogP contribution in [0.2, 0.25) is 0 Å². The minimum atomic E-state index is -0.894. The van der Waals surface area contributed by atoms with Gasteiger partial charge in [-0.1, -0.05) is 42.1 Å². The molecule has 2 amide bonds. The first-order valence-corrected chi connectivity index (χ1v) is 12.1. The Morgan fingerprint density at radius 1 is 1.06 bits per heavy atom. The molecular formula is C23H18N4O5S2. The fourth-order valence-corrected chi connectivity index (χ4v) is 4.94. The average molecular weight is 495 g/mol. The normalized spacial score (nSPS) is 14.5. The largest absolute Gasteiger partial charge is 0.485 e. The number of fused-ring (bicyclic) bond motifs is 2. The average Bonchev–Trinajstić information content (AvgIpc) is 3.35. The van der Waals surface area contributed by atoms with Gasteiger partial charge in [-0.2, -0.15) is 0 Å². The van der Waals surface area contributed by atoms with Crippen molar-refractivity contribution in [3.05, 3.63) is 76.4 Å². The molecule has 4 aromatic rings. The first kappa shape index (κ1) is 22.0. The predicted octanol–water partition coefficient (Wildman–Crippen LogP) is 2.53. The van der Waals surface area contributed by atoms with Crippen molar-refractivity contribution in [1.82, 2.24) is 20.4 Å². The fraction of sp³-hybridized carbons (Fsp3) is 0.130. The third kappa shape index (κ3) is 4.47. The van der Waals surface area contributed by atoms with Crippen LogP contribution in [-0.4, -0.2) is 39.8 Å². The number of thiophene rings is 1. The number of hydrazine groups is 1. The summed E-state index contributed by atoms with van der Waals surface area (Å²) in [6, 6.07) is 17.9. The molecule has 172 valence electrons. The van der Waals surface area contributed by atoms with Gasteiger partial charge in [-0.05, 0) is 35.7 Å². The number of carbonyl (C=O) groups excluding carboxylic acids is 2. The lowest BCUT2D eigenvalue weighted by atomic mass is 10.2. The SMILES string of the molecule is O=C(CSc1nc2sccc2c(=O)n1-c1ccccc1)NNC(=O)[C@@H]1COc2ccccc2O1. The highest BCUT2D eigenvalue weighted by molar-refractivity contribution is 7.99. The molecule has 11 heteroatoms. The van der Waals surface area contributed by atoms with Crippen LogP contribution >= 0.6 is 23.1 Å². The van der Waals surface area contributed by atoms with E-state index in [1.54, 1.807) is 41.8 Å². The van der Waals surface area contributed by atoms with Gasteiger partial charge in [0, 0.05) is 0 Å². The van der Waals surface area contributed by atoms with Gasteiger partial charge in [-0.15, -0.1) is 11.3 Å². The van der Waals surface area contributed by atoms with Gasteiger partial charge >= 0.3 is 0 Å². The number of hydrogen-bond donors (Lipinski definition) is 2. The number of benzene rings is 2. The third-order valence-corrected chi connectivity index (χ3v) is 6.68. The number of thioether (sulfide) groups is 1. The summed E-state index contributed by atoms with van der Waals surface area (Å²) < 4.78 is 12.6. The van der Waals surface area contributed by atoms with E-state index in [2.05, 4.69) is 15.8 Å². The summed E-state index contributed by atoms with van der Waals surface area (Å²) in [6.45, 7) is 0.0293. The summed E-state index contributed by atoms with van der Waals surface area (Å²) in [5.74, 6) is -0.0412. The van der Waals surface area contributed by atoms with E-state index in [-0.39, 0.29) is 17.9 Å². The first-order valence-electron chi connectivity index (χ1n) is 10.3. The van der Waals surface area contributed by atoms with Gasteiger partial charge in [0.1, 0.15) is 11.4 Å². The zero-order chi connectivity index (χ0) is 23.5. The molecule has 0 saturated heterocycles. The summed E-state index contributed by atoms with van der Waals surface area (Å²) in [4.78, 5) is 43.1. The predicted molar refractivity (Wildman–Crippen MR) is 129 cm³/mol. The van der Waals surface area contributed by atoms with Crippen LogP contribution in [0.25, 0.3) is 15.9 Å². The van der Waals surface area contributed by atoms with Crippen LogP contribution in [0.3, 0.4) is 0 Å². The van der Waals surface area contributed by atoms with E-state index in [1.165, 1.54) is 15.9 Å². The zero-order valence-corrected chi connectivity index (χ0v) is 19.2. The molecule has 2 aromatic heterocycles. The van der Waals surface area contributed by atoms with Crippen LogP contribution in [0.5, 0.6) is 11.5 Å². The van der Waals surface area contributed by atoms with Gasteiger partial charge in [-0.3, -0.25) is 29.8 Å². The van der Waals surface area contributed by atoms with Crippen LogP contribution in [0.15, 0.2) is 76.0 Å². The second-order valence-corrected chi connectivity index (χ2v) is 9.04. The number of carbonyl (C=O) groups is 2. The van der Waals surface area contributed by atoms with Gasteiger partial charge < -0.3 is 9.47 Å². The molecule has 0 spiro atoms. The number of hydrogen-bond acceptors (Lipinski definition) is 8. The van der Waals surface area contributed by atoms with Gasteiger partial charge in [0.05, 0.1) is 16.8 Å². The number of rotatable bonds is 5. The summed E-state index contributed by atoms with van der Waals surface area (Å²) in [5.41, 5.74) is 5.18. The van der Waals surface area contributed by atoms with Crippen molar-refractivity contribution >= 4 is 45.1 Å². The van der Waals surface area contributed by atoms with E-state index in [0.717, 1.165) is 11.8 Å². The highest BCUT2D eigenvalue weighted by atomic mass is 32.2. The maximum absolute atomic E-state index is 13.1. The van der Waals surface area contributed by atoms with Gasteiger partial charge in [0.25, 0.3) is 11.5 Å². The Morgan fingerprint density at radius 2 is 1.82 bits per heavy atom. The lowest BCUT2D eigenvalue weighted by molar-refractivity contribution is -0.134. The van der Waals surface area contributed by atoms with Crippen molar-refractivity contribution in [1.29, 1.82) is 0 Å². The number of para-hydroxylation sites is 3. The number of nitrogens with one attached hydrogen (secondary N) is 2. The van der Waals surface area contributed by atoms with E-state index in [9.17, 15) is 14.4 Å². The number of aromatic nitrogens is 2. The zero-order valence-electron chi connectivity index (χ0n) is 17.6. The van der Waals surface area contributed by atoms with E-state index in [4.69, 9.17) is 9.47 Å². The van der Waals surface area contributed by atoms with Gasteiger partial charge in [0.15, 0.2) is 16.7 Å². The van der Waals surface area contributed by atoms with E-state index < -0.39 is 17.9 Å². The molecule has 0 bridgehead atoms. The summed E-state index contributed by atoms with van der Waals surface area (Å²) >= 11 is 2.46. The van der Waals surface area contributed by atoms with Gasteiger partial charge in [-0.25, -0.2) is 4.98 Å².